The van der Waals surface area contributed by atoms with Crippen LogP contribution in [0.25, 0.3) is 0 Å². The van der Waals surface area contributed by atoms with E-state index in [2.05, 4.69) is 62.4 Å². The first-order valence-corrected chi connectivity index (χ1v) is 16.3. The molecule has 3 aliphatic rings. The summed E-state index contributed by atoms with van der Waals surface area (Å²) in [6, 6.07) is 12.5. The van der Waals surface area contributed by atoms with Gasteiger partial charge in [0.2, 0.25) is 0 Å². The third-order valence-corrected chi connectivity index (χ3v) is 11.6. The number of nitrogens with one attached hydrogen (secondary N) is 1. The van der Waals surface area contributed by atoms with Crippen molar-refractivity contribution in [3.8, 4) is 0 Å². The van der Waals surface area contributed by atoms with Gasteiger partial charge in [0.25, 0.3) is 5.91 Å². The van der Waals surface area contributed by atoms with Gasteiger partial charge in [-0.3, -0.25) is 14.4 Å². The van der Waals surface area contributed by atoms with Crippen LogP contribution >= 0.6 is 11.9 Å². The minimum atomic E-state index is -0.208. The summed E-state index contributed by atoms with van der Waals surface area (Å²) >= 11 is 1.60. The van der Waals surface area contributed by atoms with Crippen molar-refractivity contribution >= 4 is 17.9 Å². The van der Waals surface area contributed by atoms with Crippen molar-refractivity contribution in [2.24, 2.45) is 5.92 Å². The summed E-state index contributed by atoms with van der Waals surface area (Å²) in [7, 11) is 0. The van der Waals surface area contributed by atoms with E-state index in [-0.39, 0.29) is 17.1 Å². The number of amides is 1. The monoisotopic (exact) mass is 565 g/mol. The lowest BCUT2D eigenvalue weighted by atomic mass is 9.65. The van der Waals surface area contributed by atoms with Crippen LogP contribution in [0, 0.1) is 25.6 Å². The fraction of sp³-hybridized carbons (Fsp3) is 0.618. The molecule has 3 fully saturated rings. The summed E-state index contributed by atoms with van der Waals surface area (Å²) in [6.45, 7) is 15.1. The SMILES string of the molecule is CCN(CCC(C)(CCN1C2CCCC3CCC321)c1cccc(F)c1)C(=O)c1c(C)ccc(SNC(C)C)c1C. The Morgan fingerprint density at radius 2 is 2.00 bits per heavy atom. The Kier molecular flexibility index (Phi) is 8.71. The molecular formula is C34H48FN3OS. The number of carbonyl (C=O) groups excluding carboxylic acids is 1. The van der Waals surface area contributed by atoms with Crippen molar-refractivity contribution in [2.75, 3.05) is 19.6 Å². The molecule has 218 valence electrons. The number of benzene rings is 2. The first kappa shape index (κ1) is 29.6. The van der Waals surface area contributed by atoms with E-state index in [1.165, 1.54) is 38.2 Å². The van der Waals surface area contributed by atoms with E-state index < -0.39 is 0 Å². The van der Waals surface area contributed by atoms with Crippen LogP contribution in [-0.2, 0) is 5.41 Å². The third-order valence-electron chi connectivity index (χ3n) is 10.3. The lowest BCUT2D eigenvalue weighted by Gasteiger charge is -2.41. The lowest BCUT2D eigenvalue weighted by Crippen LogP contribution is -2.42. The second kappa shape index (κ2) is 11.8. The van der Waals surface area contributed by atoms with E-state index >= 15 is 0 Å². The minimum Gasteiger partial charge on any atom is -0.339 e. The first-order chi connectivity index (χ1) is 19.1. The molecule has 1 aliphatic heterocycles. The van der Waals surface area contributed by atoms with E-state index in [0.717, 1.165) is 58.5 Å². The normalized spacial score (nSPS) is 26.4. The molecule has 5 unspecified atom stereocenters. The van der Waals surface area contributed by atoms with Gasteiger partial charge in [-0.05, 0) is 138 Å². The maximum Gasteiger partial charge on any atom is 0.254 e. The first-order valence-electron chi connectivity index (χ1n) is 15.5. The highest BCUT2D eigenvalue weighted by atomic mass is 32.2. The Bertz CT molecular complexity index is 1230. The average molecular weight is 566 g/mol. The van der Waals surface area contributed by atoms with Gasteiger partial charge in [0.1, 0.15) is 5.82 Å². The predicted molar refractivity (Wildman–Crippen MR) is 164 cm³/mol. The molecule has 1 saturated heterocycles. The molecule has 1 heterocycles. The van der Waals surface area contributed by atoms with Crippen LogP contribution < -0.4 is 4.72 Å². The van der Waals surface area contributed by atoms with Gasteiger partial charge in [-0.2, -0.15) is 0 Å². The molecule has 2 aromatic rings. The average Bonchev–Trinajstić information content (AvgIpc) is 3.59. The van der Waals surface area contributed by atoms with E-state index in [1.54, 1.807) is 18.0 Å². The van der Waals surface area contributed by atoms with E-state index in [1.807, 2.05) is 17.9 Å². The number of nitrogens with zero attached hydrogens (tertiary/aromatic N) is 2. The number of hydrogen-bond donors (Lipinski definition) is 1. The number of rotatable bonds is 12. The van der Waals surface area contributed by atoms with Gasteiger partial charge in [0.05, 0.1) is 0 Å². The summed E-state index contributed by atoms with van der Waals surface area (Å²) in [4.78, 5) is 19.9. The molecule has 1 amide bonds. The molecule has 0 radical (unpaired) electrons. The summed E-state index contributed by atoms with van der Waals surface area (Å²) < 4.78 is 17.9. The number of likely N-dealkylation sites (tertiary alicyclic amines) is 1. The van der Waals surface area contributed by atoms with Crippen molar-refractivity contribution in [3.63, 3.8) is 0 Å². The van der Waals surface area contributed by atoms with Crippen LogP contribution in [0.3, 0.4) is 0 Å². The largest absolute Gasteiger partial charge is 0.339 e. The Morgan fingerprint density at radius 1 is 1.20 bits per heavy atom. The van der Waals surface area contributed by atoms with Crippen molar-refractivity contribution in [2.45, 2.75) is 114 Å². The lowest BCUT2D eigenvalue weighted by molar-refractivity contribution is 0.0748. The molecule has 2 saturated carbocycles. The Morgan fingerprint density at radius 3 is 2.65 bits per heavy atom. The third kappa shape index (κ3) is 5.48. The zero-order valence-electron chi connectivity index (χ0n) is 25.4. The zero-order valence-corrected chi connectivity index (χ0v) is 26.2. The van der Waals surface area contributed by atoms with Gasteiger partial charge in [-0.25, -0.2) is 4.39 Å². The van der Waals surface area contributed by atoms with Crippen molar-refractivity contribution in [1.82, 2.24) is 14.5 Å². The molecule has 5 rings (SSSR count). The van der Waals surface area contributed by atoms with Gasteiger partial charge in [-0.15, -0.1) is 0 Å². The van der Waals surface area contributed by atoms with Crippen molar-refractivity contribution in [1.29, 1.82) is 0 Å². The zero-order chi connectivity index (χ0) is 28.7. The molecule has 6 heteroatoms. The van der Waals surface area contributed by atoms with Crippen LogP contribution in [0.1, 0.15) is 99.7 Å². The smallest absolute Gasteiger partial charge is 0.254 e. The van der Waals surface area contributed by atoms with Gasteiger partial charge >= 0.3 is 0 Å². The highest BCUT2D eigenvalue weighted by Gasteiger charge is 2.70. The predicted octanol–water partition coefficient (Wildman–Crippen LogP) is 7.66. The molecule has 1 N–H and O–H groups in total. The highest BCUT2D eigenvalue weighted by Crippen LogP contribution is 2.64. The Hall–Kier alpha value is -1.89. The van der Waals surface area contributed by atoms with Crippen LogP contribution in [0.15, 0.2) is 41.3 Å². The van der Waals surface area contributed by atoms with Crippen LogP contribution in [0.2, 0.25) is 0 Å². The fourth-order valence-corrected chi connectivity index (χ4v) is 8.45. The molecule has 5 atom stereocenters. The maximum atomic E-state index is 14.4. The standard InChI is InChI=1S/C34H48FN3OS/c1-7-37(32(39)31-24(4)14-15-29(25(31)5)40-36-23(2)3)20-18-33(6,27-11-8-12-28(35)22-27)19-21-38-30-13-9-10-26-16-17-34(26,30)38/h8,11-12,14-15,22-23,26,30,36H,7,9-10,13,16-21H2,1-6H3. The molecule has 0 bridgehead atoms. The Balaban J connectivity index is 1.32. The van der Waals surface area contributed by atoms with Gasteiger partial charge in [0.15, 0.2) is 0 Å². The second-order valence-electron chi connectivity index (χ2n) is 13.1. The quantitative estimate of drug-likeness (QED) is 0.212. The van der Waals surface area contributed by atoms with E-state index in [9.17, 15) is 9.18 Å². The summed E-state index contributed by atoms with van der Waals surface area (Å²) in [5.74, 6) is 0.816. The maximum absolute atomic E-state index is 14.4. The molecule has 4 nitrogen and oxygen atoms in total. The summed E-state index contributed by atoms with van der Waals surface area (Å²) in [5, 5.41) is 0. The Labute approximate surface area is 245 Å². The van der Waals surface area contributed by atoms with Gasteiger partial charge < -0.3 is 4.90 Å². The van der Waals surface area contributed by atoms with Crippen LogP contribution in [-0.4, -0.2) is 53.0 Å². The highest BCUT2D eigenvalue weighted by molar-refractivity contribution is 7.97. The molecule has 40 heavy (non-hydrogen) atoms. The minimum absolute atomic E-state index is 0.0965. The van der Waals surface area contributed by atoms with Crippen LogP contribution in [0.4, 0.5) is 4.39 Å². The number of carbonyl (C=O) groups is 1. The van der Waals surface area contributed by atoms with Crippen molar-refractivity contribution < 1.29 is 9.18 Å². The molecule has 2 aliphatic carbocycles. The topological polar surface area (TPSA) is 35.4 Å². The van der Waals surface area contributed by atoms with Gasteiger partial charge in [-0.1, -0.05) is 31.5 Å². The van der Waals surface area contributed by atoms with Crippen LogP contribution in [0.5, 0.6) is 0 Å². The number of aryl methyl sites for hydroxylation is 1. The number of hydrogen-bond acceptors (Lipinski definition) is 4. The van der Waals surface area contributed by atoms with Gasteiger partial charge in [0, 0.05) is 41.2 Å². The van der Waals surface area contributed by atoms with E-state index in [0.29, 0.717) is 24.7 Å². The molecule has 0 aromatic heterocycles. The molecular weight excluding hydrogens is 517 g/mol. The molecule has 1 spiro atoms. The van der Waals surface area contributed by atoms with Crippen molar-refractivity contribution in [3.05, 3.63) is 64.5 Å². The number of halogens is 1. The summed E-state index contributed by atoms with van der Waals surface area (Å²) in [6.07, 6.45) is 8.66. The second-order valence-corrected chi connectivity index (χ2v) is 14.0. The molecule has 2 aromatic carbocycles. The summed E-state index contributed by atoms with van der Waals surface area (Å²) in [5.41, 5.74) is 4.20. The fourth-order valence-electron chi connectivity index (χ4n) is 7.70. The van der Waals surface area contributed by atoms with E-state index in [4.69, 9.17) is 0 Å².